The number of unbranched alkanes of at least 4 members (excludes halogenated alkanes) is 1. The van der Waals surface area contributed by atoms with E-state index < -0.39 is 0 Å². The molecule has 1 heterocycles. The Bertz CT molecular complexity index is 284. The largest absolute Gasteiger partial charge is 0.325 e. The quantitative estimate of drug-likeness (QED) is 0.788. The molecule has 1 amide bonds. The molecular weight excluding hydrogens is 224 g/mol. The van der Waals surface area contributed by atoms with Gasteiger partial charge in [0.15, 0.2) is 0 Å². The molecule has 18 heavy (non-hydrogen) atoms. The van der Waals surface area contributed by atoms with E-state index >= 15 is 0 Å². The summed E-state index contributed by atoms with van der Waals surface area (Å²) in [6, 6.07) is 0.468. The summed E-state index contributed by atoms with van der Waals surface area (Å²) in [7, 11) is 0. The molecule has 104 valence electrons. The van der Waals surface area contributed by atoms with E-state index in [1.165, 1.54) is 38.5 Å². The van der Waals surface area contributed by atoms with E-state index in [9.17, 15) is 4.79 Å². The lowest BCUT2D eigenvalue weighted by Gasteiger charge is -2.29. The van der Waals surface area contributed by atoms with Crippen molar-refractivity contribution in [3.8, 4) is 0 Å². The van der Waals surface area contributed by atoms with Crippen molar-refractivity contribution >= 4 is 5.91 Å². The predicted molar refractivity (Wildman–Crippen MR) is 74.3 cm³/mol. The molecule has 1 atom stereocenters. The van der Waals surface area contributed by atoms with Crippen molar-refractivity contribution in [2.45, 2.75) is 83.2 Å². The van der Waals surface area contributed by atoms with Crippen LogP contribution in [0.1, 0.15) is 71.6 Å². The number of carbonyl (C=O) groups is 1. The molecule has 0 bridgehead atoms. The zero-order valence-electron chi connectivity index (χ0n) is 12.0. The lowest BCUT2D eigenvalue weighted by Crippen LogP contribution is -2.45. The first-order valence-corrected chi connectivity index (χ1v) is 7.79. The maximum Gasteiger partial charge on any atom is 0.244 e. The van der Waals surface area contributed by atoms with Crippen molar-refractivity contribution in [3.63, 3.8) is 0 Å². The van der Waals surface area contributed by atoms with Crippen molar-refractivity contribution in [1.82, 2.24) is 10.2 Å². The second-order valence-corrected chi connectivity index (χ2v) is 5.98. The molecule has 1 spiro atoms. The summed E-state index contributed by atoms with van der Waals surface area (Å²) in [4.78, 5) is 14.8. The number of rotatable bonds is 6. The van der Waals surface area contributed by atoms with Gasteiger partial charge in [0.1, 0.15) is 0 Å². The second-order valence-electron chi connectivity index (χ2n) is 5.98. The fourth-order valence-corrected chi connectivity index (χ4v) is 3.55. The van der Waals surface area contributed by atoms with Crippen molar-refractivity contribution in [3.05, 3.63) is 0 Å². The summed E-state index contributed by atoms with van der Waals surface area (Å²) in [5.74, 6) is 0.398. The Hall–Kier alpha value is -0.570. The van der Waals surface area contributed by atoms with Gasteiger partial charge in [-0.1, -0.05) is 46.0 Å². The minimum absolute atomic E-state index is 0.168. The van der Waals surface area contributed by atoms with E-state index in [1.54, 1.807) is 0 Å². The van der Waals surface area contributed by atoms with Crippen LogP contribution in [0.15, 0.2) is 0 Å². The number of hydrogen-bond acceptors (Lipinski definition) is 2. The Morgan fingerprint density at radius 2 is 1.94 bits per heavy atom. The number of carbonyl (C=O) groups excluding carboxylic acids is 1. The molecule has 1 saturated heterocycles. The lowest BCUT2D eigenvalue weighted by atomic mass is 9.96. The molecule has 1 aliphatic heterocycles. The van der Waals surface area contributed by atoms with Gasteiger partial charge in [-0.3, -0.25) is 10.1 Å². The van der Waals surface area contributed by atoms with Gasteiger partial charge in [-0.05, 0) is 25.7 Å². The Kier molecular flexibility index (Phi) is 4.66. The zero-order chi connectivity index (χ0) is 13.0. The highest BCUT2D eigenvalue weighted by molar-refractivity contribution is 5.88. The average molecular weight is 252 g/mol. The monoisotopic (exact) mass is 252 g/mol. The van der Waals surface area contributed by atoms with Crippen molar-refractivity contribution in [2.75, 3.05) is 6.67 Å². The van der Waals surface area contributed by atoms with Crippen molar-refractivity contribution < 1.29 is 4.79 Å². The van der Waals surface area contributed by atoms with Gasteiger partial charge >= 0.3 is 0 Å². The van der Waals surface area contributed by atoms with Crippen LogP contribution in [0.4, 0.5) is 0 Å². The third-order valence-electron chi connectivity index (χ3n) is 4.67. The first-order valence-electron chi connectivity index (χ1n) is 7.79. The van der Waals surface area contributed by atoms with Crippen LogP contribution < -0.4 is 5.32 Å². The van der Waals surface area contributed by atoms with Crippen LogP contribution in [-0.4, -0.2) is 29.1 Å². The van der Waals surface area contributed by atoms with E-state index in [-0.39, 0.29) is 5.54 Å². The fourth-order valence-electron chi connectivity index (χ4n) is 3.55. The van der Waals surface area contributed by atoms with E-state index in [1.807, 2.05) is 0 Å². The summed E-state index contributed by atoms with van der Waals surface area (Å²) >= 11 is 0. The van der Waals surface area contributed by atoms with Gasteiger partial charge < -0.3 is 4.90 Å². The van der Waals surface area contributed by atoms with Crippen molar-refractivity contribution in [1.29, 1.82) is 0 Å². The Labute approximate surface area is 111 Å². The fraction of sp³-hybridized carbons (Fsp3) is 0.933. The first-order chi connectivity index (χ1) is 8.73. The minimum atomic E-state index is -0.168. The molecule has 1 unspecified atom stereocenters. The van der Waals surface area contributed by atoms with Gasteiger partial charge in [0.05, 0.1) is 12.2 Å². The second kappa shape index (κ2) is 6.05. The Balaban J connectivity index is 2.00. The van der Waals surface area contributed by atoms with Gasteiger partial charge in [-0.25, -0.2) is 0 Å². The molecule has 1 saturated carbocycles. The van der Waals surface area contributed by atoms with Gasteiger partial charge in [-0.2, -0.15) is 0 Å². The Morgan fingerprint density at radius 3 is 2.56 bits per heavy atom. The normalized spacial score (nSPS) is 24.1. The predicted octanol–water partition coefficient (Wildman–Crippen LogP) is 3.05. The van der Waals surface area contributed by atoms with Crippen LogP contribution in [0.2, 0.25) is 0 Å². The molecule has 0 radical (unpaired) electrons. The number of amides is 1. The molecule has 3 heteroatoms. The van der Waals surface area contributed by atoms with Crippen LogP contribution in [0.25, 0.3) is 0 Å². The summed E-state index contributed by atoms with van der Waals surface area (Å²) < 4.78 is 0. The van der Waals surface area contributed by atoms with Crippen LogP contribution in [0.5, 0.6) is 0 Å². The molecule has 1 aliphatic carbocycles. The van der Waals surface area contributed by atoms with Gasteiger partial charge in [0.25, 0.3) is 0 Å². The molecule has 2 fully saturated rings. The zero-order valence-corrected chi connectivity index (χ0v) is 12.0. The molecule has 3 nitrogen and oxygen atoms in total. The third kappa shape index (κ3) is 2.56. The summed E-state index contributed by atoms with van der Waals surface area (Å²) in [5, 5.41) is 3.52. The third-order valence-corrected chi connectivity index (χ3v) is 4.67. The van der Waals surface area contributed by atoms with Gasteiger partial charge in [0.2, 0.25) is 5.91 Å². The number of hydrogen-bond donors (Lipinski definition) is 1. The number of nitrogens with zero attached hydrogens (tertiary/aromatic N) is 1. The van der Waals surface area contributed by atoms with Crippen LogP contribution in [-0.2, 0) is 4.79 Å². The molecule has 2 aliphatic rings. The smallest absolute Gasteiger partial charge is 0.244 e. The van der Waals surface area contributed by atoms with Crippen LogP contribution in [0.3, 0.4) is 0 Å². The van der Waals surface area contributed by atoms with E-state index in [4.69, 9.17) is 0 Å². The average Bonchev–Trinajstić information content (AvgIpc) is 2.96. The van der Waals surface area contributed by atoms with Crippen LogP contribution >= 0.6 is 0 Å². The topological polar surface area (TPSA) is 32.3 Å². The molecular formula is C15H28N2O. The molecule has 0 aromatic rings. The molecule has 2 rings (SSSR count). The summed E-state index contributed by atoms with van der Waals surface area (Å²) in [6.45, 7) is 5.23. The number of nitrogens with one attached hydrogen (secondary N) is 1. The lowest BCUT2D eigenvalue weighted by molar-refractivity contribution is -0.134. The summed E-state index contributed by atoms with van der Waals surface area (Å²) in [5.41, 5.74) is -0.168. The molecule has 1 N–H and O–H groups in total. The summed E-state index contributed by atoms with van der Waals surface area (Å²) in [6.07, 6.45) is 10.5. The van der Waals surface area contributed by atoms with Gasteiger partial charge in [0, 0.05) is 6.04 Å². The first kappa shape index (κ1) is 13.9. The van der Waals surface area contributed by atoms with Gasteiger partial charge in [-0.15, -0.1) is 0 Å². The maximum absolute atomic E-state index is 12.7. The Morgan fingerprint density at radius 1 is 1.22 bits per heavy atom. The standard InChI is InChI=1S/C15H28N2O/c1-3-5-9-13(8-4-2)17-12-16-15(14(17)18)10-6-7-11-15/h13,16H,3-12H2,1-2H3. The molecule has 0 aromatic carbocycles. The van der Waals surface area contributed by atoms with Crippen LogP contribution in [0, 0.1) is 0 Å². The molecule has 0 aromatic heterocycles. The van der Waals surface area contributed by atoms with Crippen molar-refractivity contribution in [2.24, 2.45) is 0 Å². The highest BCUT2D eigenvalue weighted by Gasteiger charge is 2.49. The highest BCUT2D eigenvalue weighted by atomic mass is 16.2. The van der Waals surface area contributed by atoms with E-state index in [0.29, 0.717) is 11.9 Å². The maximum atomic E-state index is 12.7. The highest BCUT2D eigenvalue weighted by Crippen LogP contribution is 2.35. The SMILES string of the molecule is CCCCC(CCC)N1CNC2(CCCC2)C1=O. The minimum Gasteiger partial charge on any atom is -0.325 e. The van der Waals surface area contributed by atoms with E-state index in [0.717, 1.165) is 25.9 Å². The van der Waals surface area contributed by atoms with E-state index in [2.05, 4.69) is 24.1 Å².